The second-order valence-electron chi connectivity index (χ2n) is 6.67. The standard InChI is InChI=1S/C15H8Cl15O/c1-9(2,31)8-6(11(18,19)14(25,26)27)3-5(10(16,17)13(22,23)24)4-7(8)12(20,21)15(28,29)30/h3-4H,1-2H3. The summed E-state index contributed by atoms with van der Waals surface area (Å²) in [6.07, 6.45) is 0. The monoisotopic (exact) mass is 729 g/mol. The van der Waals surface area contributed by atoms with Crippen LogP contribution in [0.25, 0.3) is 0 Å². The Labute approximate surface area is 254 Å². The fourth-order valence-electron chi connectivity index (χ4n) is 2.44. The van der Waals surface area contributed by atoms with E-state index in [0.717, 1.165) is 12.1 Å². The summed E-state index contributed by atoms with van der Waals surface area (Å²) < 4.78 is -14.3. The molecule has 0 heterocycles. The van der Waals surface area contributed by atoms with Gasteiger partial charge in [-0.1, -0.05) is 174 Å². The molecule has 0 atom stereocenters. The zero-order valence-corrected chi connectivity index (χ0v) is 26.1. The van der Waals surface area contributed by atoms with Gasteiger partial charge in [-0.05, 0) is 48.2 Å². The van der Waals surface area contributed by atoms with E-state index in [1.54, 1.807) is 0 Å². The lowest BCUT2D eigenvalue weighted by Crippen LogP contribution is -2.38. The molecule has 1 aromatic carbocycles. The van der Waals surface area contributed by atoms with Crippen molar-refractivity contribution in [2.24, 2.45) is 0 Å². The van der Waals surface area contributed by atoms with Crippen LogP contribution in [0.3, 0.4) is 0 Å². The lowest BCUT2D eigenvalue weighted by Gasteiger charge is -2.39. The van der Waals surface area contributed by atoms with Gasteiger partial charge < -0.3 is 0 Å². The first-order chi connectivity index (χ1) is 13.2. The summed E-state index contributed by atoms with van der Waals surface area (Å²) in [5.41, 5.74) is -3.21. The molecule has 0 aliphatic carbocycles. The van der Waals surface area contributed by atoms with Crippen LogP contribution in [0.15, 0.2) is 12.1 Å². The summed E-state index contributed by atoms with van der Waals surface area (Å²) in [5.74, 6) is 0. The zero-order valence-electron chi connectivity index (χ0n) is 14.7. The summed E-state index contributed by atoms with van der Waals surface area (Å²) in [6.45, 7) is 2.42. The van der Waals surface area contributed by atoms with E-state index in [1.165, 1.54) is 13.8 Å². The van der Waals surface area contributed by atoms with Crippen molar-refractivity contribution in [3.8, 4) is 0 Å². The van der Waals surface area contributed by atoms with Crippen molar-refractivity contribution in [3.63, 3.8) is 0 Å². The molecular formula is C15H8Cl15O. The SMILES string of the molecule is CC(C)([O])c1c(C(Cl)(Cl)C(Cl)(Cl)Cl)cc(C(Cl)(Cl)C(Cl)(Cl)Cl)cc1C(Cl)(Cl)C(Cl)(Cl)Cl. The smallest absolute Gasteiger partial charge is 0.225 e. The molecule has 179 valence electrons. The van der Waals surface area contributed by atoms with Crippen molar-refractivity contribution in [1.82, 2.24) is 0 Å². The second-order valence-corrected chi connectivity index (χ2v) is 17.5. The maximum Gasteiger partial charge on any atom is 0.227 e. The molecule has 0 saturated carbocycles. The van der Waals surface area contributed by atoms with Crippen LogP contribution in [-0.4, -0.2) is 11.4 Å². The van der Waals surface area contributed by atoms with Gasteiger partial charge in [-0.3, -0.25) is 0 Å². The molecule has 0 aliphatic rings. The first-order valence-electron chi connectivity index (χ1n) is 7.44. The predicted octanol–water partition coefficient (Wildman–Crippen LogP) is 11.4. The number of alkyl halides is 15. The first-order valence-corrected chi connectivity index (χ1v) is 13.1. The molecule has 0 N–H and O–H groups in total. The predicted molar refractivity (Wildman–Crippen MR) is 141 cm³/mol. The maximum atomic E-state index is 13.2. The minimum atomic E-state index is -2.41. The van der Waals surface area contributed by atoms with Gasteiger partial charge in [-0.2, -0.15) is 0 Å². The van der Waals surface area contributed by atoms with Gasteiger partial charge in [0.05, 0.1) is 0 Å². The van der Waals surface area contributed by atoms with Gasteiger partial charge in [0.2, 0.25) is 11.4 Å². The molecule has 31 heavy (non-hydrogen) atoms. The molecule has 1 radical (unpaired) electrons. The maximum absolute atomic E-state index is 13.2. The van der Waals surface area contributed by atoms with Gasteiger partial charge in [0.25, 0.3) is 0 Å². The van der Waals surface area contributed by atoms with Crippen molar-refractivity contribution in [3.05, 3.63) is 34.4 Å². The van der Waals surface area contributed by atoms with Crippen LogP contribution in [0, 0.1) is 0 Å². The average Bonchev–Trinajstić information content (AvgIpc) is 2.49. The largest absolute Gasteiger partial charge is 0.227 e. The van der Waals surface area contributed by atoms with Crippen LogP contribution in [0.1, 0.15) is 36.1 Å². The van der Waals surface area contributed by atoms with E-state index in [2.05, 4.69) is 0 Å². The lowest BCUT2D eigenvalue weighted by atomic mass is 9.84. The van der Waals surface area contributed by atoms with E-state index in [4.69, 9.17) is 174 Å². The minimum absolute atomic E-state index is 0.214. The van der Waals surface area contributed by atoms with Crippen molar-refractivity contribution in [2.75, 3.05) is 0 Å². The van der Waals surface area contributed by atoms with E-state index >= 15 is 0 Å². The summed E-state index contributed by atoms with van der Waals surface area (Å²) in [4.78, 5) is 0. The molecule has 0 unspecified atom stereocenters. The van der Waals surface area contributed by atoms with Gasteiger partial charge in [0.1, 0.15) is 5.60 Å². The fourth-order valence-corrected chi connectivity index (χ4v) is 4.19. The molecule has 0 spiro atoms. The second kappa shape index (κ2) is 10.0. The molecular weight excluding hydrogens is 728 g/mol. The molecule has 0 aliphatic heterocycles. The van der Waals surface area contributed by atoms with E-state index in [9.17, 15) is 5.11 Å². The molecule has 16 heteroatoms. The third-order valence-electron chi connectivity index (χ3n) is 3.85. The molecule has 0 bridgehead atoms. The van der Waals surface area contributed by atoms with Crippen LogP contribution >= 0.6 is 174 Å². The molecule has 0 aromatic heterocycles. The number of hydrogen-bond donors (Lipinski definition) is 0. The van der Waals surface area contributed by atoms with Crippen molar-refractivity contribution in [1.29, 1.82) is 0 Å². The third kappa shape index (κ3) is 6.70. The summed E-state index contributed by atoms with van der Waals surface area (Å²) in [6, 6.07) is 2.20. The Morgan fingerprint density at radius 1 is 0.516 bits per heavy atom. The van der Waals surface area contributed by atoms with Crippen molar-refractivity contribution < 1.29 is 5.11 Å². The average molecular weight is 736 g/mol. The Bertz CT molecular complexity index is 774. The van der Waals surface area contributed by atoms with Gasteiger partial charge in [0, 0.05) is 0 Å². The van der Waals surface area contributed by atoms with Crippen LogP contribution in [0.4, 0.5) is 0 Å². The van der Waals surface area contributed by atoms with Crippen molar-refractivity contribution >= 4 is 174 Å². The molecule has 1 nitrogen and oxygen atoms in total. The lowest BCUT2D eigenvalue weighted by molar-refractivity contribution is -0.00197. The highest BCUT2D eigenvalue weighted by atomic mass is 35.6. The quantitative estimate of drug-likeness (QED) is 0.275. The minimum Gasteiger partial charge on any atom is -0.225 e. The van der Waals surface area contributed by atoms with E-state index < -0.39 is 30.0 Å². The Balaban J connectivity index is 4.37. The van der Waals surface area contributed by atoms with Crippen LogP contribution in [-0.2, 0) is 23.7 Å². The van der Waals surface area contributed by atoms with E-state index in [-0.39, 0.29) is 22.3 Å². The summed E-state index contributed by atoms with van der Waals surface area (Å²) >= 11 is 91.7. The van der Waals surface area contributed by atoms with E-state index in [0.29, 0.717) is 0 Å². The normalized spacial score (nSPS) is 15.4. The van der Waals surface area contributed by atoms with E-state index in [1.807, 2.05) is 0 Å². The highest BCUT2D eigenvalue weighted by Gasteiger charge is 2.57. The van der Waals surface area contributed by atoms with Gasteiger partial charge >= 0.3 is 0 Å². The summed E-state index contributed by atoms with van der Waals surface area (Å²) in [5, 5.41) is 13.2. The number of hydrogen-bond acceptors (Lipinski definition) is 0. The zero-order chi connectivity index (χ0) is 25.2. The Hall–Kier alpha value is 3.53. The molecule has 0 amide bonds. The van der Waals surface area contributed by atoms with Gasteiger partial charge in [-0.25, -0.2) is 5.11 Å². The fraction of sp³-hybridized carbons (Fsp3) is 0.600. The van der Waals surface area contributed by atoms with Gasteiger partial charge in [0.15, 0.2) is 13.0 Å². The van der Waals surface area contributed by atoms with Crippen LogP contribution < -0.4 is 0 Å². The van der Waals surface area contributed by atoms with Crippen LogP contribution in [0.2, 0.25) is 0 Å². The van der Waals surface area contributed by atoms with Crippen LogP contribution in [0.5, 0.6) is 0 Å². The molecule has 0 saturated heterocycles. The molecule has 0 fully saturated rings. The topological polar surface area (TPSA) is 19.9 Å². The van der Waals surface area contributed by atoms with Crippen molar-refractivity contribution in [2.45, 2.75) is 43.8 Å². The number of benzene rings is 1. The number of rotatable bonds is 4. The Morgan fingerprint density at radius 3 is 0.968 bits per heavy atom. The highest BCUT2D eigenvalue weighted by Crippen LogP contribution is 2.62. The Kier molecular flexibility index (Phi) is 10.5. The first kappa shape index (κ1) is 32.6. The van der Waals surface area contributed by atoms with Gasteiger partial charge in [-0.15, -0.1) is 0 Å². The third-order valence-corrected chi connectivity index (χ3v) is 11.1. The molecule has 1 rings (SSSR count). The summed E-state index contributed by atoms with van der Waals surface area (Å²) in [7, 11) is 0. The number of halogens is 15. The molecule has 1 aromatic rings. The Morgan fingerprint density at radius 2 is 0.774 bits per heavy atom. The highest BCUT2D eigenvalue weighted by molar-refractivity contribution is 6.77.